The second kappa shape index (κ2) is 7.75. The van der Waals surface area contributed by atoms with Crippen LogP contribution in [-0.2, 0) is 4.74 Å². The molecule has 172 valence electrons. The number of carbonyl (C=O) groups is 1. The molecule has 0 bridgehead atoms. The van der Waals surface area contributed by atoms with Gasteiger partial charge in [-0.05, 0) is 48.3 Å². The van der Waals surface area contributed by atoms with Crippen molar-refractivity contribution in [2.75, 3.05) is 29.5 Å². The first-order valence-corrected chi connectivity index (χ1v) is 10.9. The normalized spacial score (nSPS) is 16.8. The number of rotatable bonds is 3. The second-order valence-electron chi connectivity index (χ2n) is 9.42. The van der Waals surface area contributed by atoms with Gasteiger partial charge in [0.05, 0.1) is 5.69 Å². The number of fused-ring (bicyclic) bond motifs is 2. The molecular formula is C24H26FN5O3. The van der Waals surface area contributed by atoms with Gasteiger partial charge < -0.3 is 20.5 Å². The van der Waals surface area contributed by atoms with Gasteiger partial charge in [-0.15, -0.1) is 0 Å². The lowest BCUT2D eigenvalue weighted by Crippen LogP contribution is -2.40. The number of pyridine rings is 2. The SMILES string of the molecule is Cc1c(-c2cc3cc(NC(=O)OC4CC(C)(C)C4)ncc3c(N)c2F)cnc2c1NCCO2. The van der Waals surface area contributed by atoms with E-state index in [4.69, 9.17) is 15.2 Å². The third-order valence-electron chi connectivity index (χ3n) is 6.30. The van der Waals surface area contributed by atoms with E-state index in [9.17, 15) is 4.79 Å². The Balaban J connectivity index is 1.46. The number of nitrogens with one attached hydrogen (secondary N) is 2. The lowest BCUT2D eigenvalue weighted by Gasteiger charge is -2.41. The number of nitrogens with zero attached hydrogens (tertiary/aromatic N) is 2. The first kappa shape index (κ1) is 21.2. The van der Waals surface area contributed by atoms with Crippen molar-refractivity contribution in [3.63, 3.8) is 0 Å². The van der Waals surface area contributed by atoms with Crippen LogP contribution in [0.25, 0.3) is 21.9 Å². The highest BCUT2D eigenvalue weighted by molar-refractivity contribution is 5.99. The molecule has 3 aromatic rings. The largest absolute Gasteiger partial charge is 0.474 e. The molecule has 2 aliphatic rings. The summed E-state index contributed by atoms with van der Waals surface area (Å²) in [5.74, 6) is 0.262. The van der Waals surface area contributed by atoms with Gasteiger partial charge >= 0.3 is 6.09 Å². The minimum absolute atomic E-state index is 0.0119. The number of nitrogens with two attached hydrogens (primary N) is 1. The zero-order valence-electron chi connectivity index (χ0n) is 18.8. The zero-order chi connectivity index (χ0) is 23.3. The second-order valence-corrected chi connectivity index (χ2v) is 9.42. The van der Waals surface area contributed by atoms with Crippen LogP contribution in [0.2, 0.25) is 0 Å². The number of anilines is 3. The van der Waals surface area contributed by atoms with E-state index in [-0.39, 0.29) is 17.2 Å². The number of benzene rings is 1. The Labute approximate surface area is 190 Å². The predicted molar refractivity (Wildman–Crippen MR) is 125 cm³/mol. The van der Waals surface area contributed by atoms with Crippen molar-refractivity contribution in [1.29, 1.82) is 0 Å². The highest BCUT2D eigenvalue weighted by atomic mass is 19.1. The highest BCUT2D eigenvalue weighted by Gasteiger charge is 2.38. The molecule has 0 saturated heterocycles. The summed E-state index contributed by atoms with van der Waals surface area (Å²) in [6.07, 6.45) is 4.06. The number of ether oxygens (including phenoxy) is 2. The molecule has 1 aromatic carbocycles. The molecule has 4 N–H and O–H groups in total. The molecule has 0 spiro atoms. The van der Waals surface area contributed by atoms with Crippen molar-refractivity contribution in [3.8, 4) is 17.0 Å². The standard InChI is InChI=1S/C24H26FN5O3/c1-12-16(10-29-22-21(12)27-4-5-32-22)15-6-13-7-18(28-11-17(13)20(26)19(15)25)30-23(31)33-14-8-24(2,3)9-14/h6-7,10-11,14,27H,4-5,8-9,26H2,1-3H3,(H,28,30,31). The summed E-state index contributed by atoms with van der Waals surface area (Å²) in [5, 5.41) is 7.02. The molecule has 1 saturated carbocycles. The van der Waals surface area contributed by atoms with E-state index in [1.165, 1.54) is 6.20 Å². The smallest absolute Gasteiger partial charge is 0.413 e. The van der Waals surface area contributed by atoms with Crippen LogP contribution in [0.15, 0.2) is 24.5 Å². The van der Waals surface area contributed by atoms with Gasteiger partial charge in [-0.3, -0.25) is 5.32 Å². The number of aromatic nitrogens is 2. The Kier molecular flexibility index (Phi) is 4.99. The predicted octanol–water partition coefficient (Wildman–Crippen LogP) is 4.87. The molecule has 1 aliphatic carbocycles. The lowest BCUT2D eigenvalue weighted by atomic mass is 9.70. The fourth-order valence-electron chi connectivity index (χ4n) is 4.60. The monoisotopic (exact) mass is 451 g/mol. The van der Waals surface area contributed by atoms with Crippen LogP contribution in [0.1, 0.15) is 32.3 Å². The van der Waals surface area contributed by atoms with Crippen LogP contribution in [0.5, 0.6) is 5.88 Å². The summed E-state index contributed by atoms with van der Waals surface area (Å²) in [4.78, 5) is 20.8. The Morgan fingerprint density at radius 3 is 2.82 bits per heavy atom. The van der Waals surface area contributed by atoms with E-state index >= 15 is 4.39 Å². The van der Waals surface area contributed by atoms with Gasteiger partial charge in [-0.25, -0.2) is 19.2 Å². The number of nitrogen functional groups attached to an aromatic ring is 1. The number of halogens is 1. The van der Waals surface area contributed by atoms with Crippen molar-refractivity contribution >= 4 is 34.1 Å². The Hall–Kier alpha value is -3.62. The number of hydrogen-bond donors (Lipinski definition) is 3. The minimum atomic E-state index is -0.557. The summed E-state index contributed by atoms with van der Waals surface area (Å²) in [5.41, 5.74) is 8.80. The van der Waals surface area contributed by atoms with Gasteiger partial charge in [0.2, 0.25) is 5.88 Å². The third-order valence-corrected chi connectivity index (χ3v) is 6.30. The molecule has 0 radical (unpaired) electrons. The van der Waals surface area contributed by atoms with Gasteiger partial charge in [-0.1, -0.05) is 13.8 Å². The summed E-state index contributed by atoms with van der Waals surface area (Å²) in [6.45, 7) is 7.34. The number of amides is 1. The maximum absolute atomic E-state index is 15.3. The van der Waals surface area contributed by atoms with E-state index in [0.717, 1.165) is 24.1 Å². The van der Waals surface area contributed by atoms with Gasteiger partial charge in [0.25, 0.3) is 0 Å². The fraction of sp³-hybridized carbons (Fsp3) is 0.375. The quantitative estimate of drug-likeness (QED) is 0.487. The molecule has 0 unspecified atom stereocenters. The Morgan fingerprint density at radius 2 is 2.06 bits per heavy atom. The van der Waals surface area contributed by atoms with Crippen LogP contribution in [-0.4, -0.2) is 35.3 Å². The molecule has 0 atom stereocenters. The summed E-state index contributed by atoms with van der Waals surface area (Å²) < 4.78 is 26.3. The average Bonchev–Trinajstić information content (AvgIpc) is 2.75. The maximum atomic E-state index is 15.3. The molecule has 3 heterocycles. The first-order chi connectivity index (χ1) is 15.7. The van der Waals surface area contributed by atoms with Crippen LogP contribution in [0.3, 0.4) is 0 Å². The van der Waals surface area contributed by atoms with Crippen LogP contribution in [0, 0.1) is 18.2 Å². The van der Waals surface area contributed by atoms with Gasteiger partial charge in [0, 0.05) is 35.5 Å². The first-order valence-electron chi connectivity index (χ1n) is 10.9. The minimum Gasteiger partial charge on any atom is -0.474 e. The van der Waals surface area contributed by atoms with Crippen LogP contribution in [0.4, 0.5) is 26.4 Å². The molecule has 9 heteroatoms. The highest BCUT2D eigenvalue weighted by Crippen LogP contribution is 2.42. The molecule has 8 nitrogen and oxygen atoms in total. The maximum Gasteiger partial charge on any atom is 0.413 e. The fourth-order valence-corrected chi connectivity index (χ4v) is 4.60. The van der Waals surface area contributed by atoms with Gasteiger partial charge in [0.15, 0.2) is 5.82 Å². The van der Waals surface area contributed by atoms with Crippen molar-refractivity contribution in [3.05, 3.63) is 35.9 Å². The molecule has 1 amide bonds. The average molecular weight is 452 g/mol. The van der Waals surface area contributed by atoms with Crippen LogP contribution >= 0.6 is 0 Å². The van der Waals surface area contributed by atoms with Crippen molar-refractivity contribution in [2.24, 2.45) is 5.41 Å². The molecule has 2 aromatic heterocycles. The van der Waals surface area contributed by atoms with Gasteiger partial charge in [-0.2, -0.15) is 0 Å². The van der Waals surface area contributed by atoms with E-state index in [1.807, 2.05) is 6.92 Å². The topological polar surface area (TPSA) is 111 Å². The number of carbonyl (C=O) groups excluding carboxylic acids is 1. The van der Waals surface area contributed by atoms with E-state index in [2.05, 4.69) is 34.4 Å². The van der Waals surface area contributed by atoms with Crippen molar-refractivity contribution in [1.82, 2.24) is 9.97 Å². The van der Waals surface area contributed by atoms with E-state index in [1.54, 1.807) is 18.3 Å². The zero-order valence-corrected chi connectivity index (χ0v) is 18.8. The molecule has 5 rings (SSSR count). The molecular weight excluding hydrogens is 425 g/mol. The summed E-state index contributed by atoms with van der Waals surface area (Å²) >= 11 is 0. The molecule has 33 heavy (non-hydrogen) atoms. The van der Waals surface area contributed by atoms with Gasteiger partial charge in [0.1, 0.15) is 24.2 Å². The van der Waals surface area contributed by atoms with Crippen molar-refractivity contribution < 1.29 is 18.7 Å². The van der Waals surface area contributed by atoms with Crippen molar-refractivity contribution in [2.45, 2.75) is 39.7 Å². The third kappa shape index (κ3) is 3.88. The molecule has 1 fully saturated rings. The lowest BCUT2D eigenvalue weighted by molar-refractivity contribution is -0.0171. The molecule has 1 aliphatic heterocycles. The summed E-state index contributed by atoms with van der Waals surface area (Å²) in [6, 6.07) is 3.34. The van der Waals surface area contributed by atoms with E-state index < -0.39 is 11.9 Å². The Bertz CT molecular complexity index is 1270. The number of hydrogen-bond acceptors (Lipinski definition) is 7. The van der Waals surface area contributed by atoms with Crippen LogP contribution < -0.4 is 21.1 Å². The summed E-state index contributed by atoms with van der Waals surface area (Å²) in [7, 11) is 0. The van der Waals surface area contributed by atoms with E-state index in [0.29, 0.717) is 46.7 Å². The Morgan fingerprint density at radius 1 is 1.27 bits per heavy atom.